The number of benzene rings is 1. The molecule has 1 atom stereocenters. The SMILES string of the molecule is CN(C)C(=O)[C@@H]1CCCN1CCCNC(=O)c1cccc(C#N)c1. The Bertz CT molecular complexity index is 636. The maximum Gasteiger partial charge on any atom is 0.251 e. The van der Waals surface area contributed by atoms with Crippen molar-refractivity contribution in [3.63, 3.8) is 0 Å². The first-order chi connectivity index (χ1) is 11.5. The number of nitrogens with one attached hydrogen (secondary N) is 1. The quantitative estimate of drug-likeness (QED) is 0.797. The average molecular weight is 328 g/mol. The standard InChI is InChI=1S/C18H24N4O2/c1-21(2)18(24)16-8-4-10-22(16)11-5-9-20-17(23)15-7-3-6-14(12-15)13-19/h3,6-7,12,16H,4-5,8-11H2,1-2H3,(H,20,23)/t16-/m0/s1. The van der Waals surface area contributed by atoms with E-state index < -0.39 is 0 Å². The molecular weight excluding hydrogens is 304 g/mol. The molecule has 1 saturated heterocycles. The fraction of sp³-hybridized carbons (Fsp3) is 0.500. The molecule has 24 heavy (non-hydrogen) atoms. The second-order valence-electron chi connectivity index (χ2n) is 6.23. The Hall–Kier alpha value is -2.39. The molecule has 0 aliphatic carbocycles. The van der Waals surface area contributed by atoms with E-state index in [0.29, 0.717) is 17.7 Å². The molecule has 1 aromatic carbocycles. The van der Waals surface area contributed by atoms with Crippen molar-refractivity contribution in [2.45, 2.75) is 25.3 Å². The molecule has 0 radical (unpaired) electrons. The van der Waals surface area contributed by atoms with Crippen molar-refractivity contribution in [2.75, 3.05) is 33.7 Å². The van der Waals surface area contributed by atoms with Crippen molar-refractivity contribution >= 4 is 11.8 Å². The summed E-state index contributed by atoms with van der Waals surface area (Å²) >= 11 is 0. The van der Waals surface area contributed by atoms with Crippen LogP contribution < -0.4 is 5.32 Å². The van der Waals surface area contributed by atoms with E-state index in [2.05, 4.69) is 10.2 Å². The van der Waals surface area contributed by atoms with E-state index in [9.17, 15) is 9.59 Å². The lowest BCUT2D eigenvalue weighted by molar-refractivity contribution is -0.133. The number of carbonyl (C=O) groups is 2. The predicted octanol–water partition coefficient (Wildman–Crippen LogP) is 1.23. The van der Waals surface area contributed by atoms with Gasteiger partial charge in [-0.25, -0.2) is 0 Å². The highest BCUT2D eigenvalue weighted by atomic mass is 16.2. The van der Waals surface area contributed by atoms with Crippen LogP contribution in [0.5, 0.6) is 0 Å². The van der Waals surface area contributed by atoms with Gasteiger partial charge in [0.15, 0.2) is 0 Å². The van der Waals surface area contributed by atoms with Crippen LogP contribution in [0.3, 0.4) is 0 Å². The van der Waals surface area contributed by atoms with Crippen molar-refractivity contribution in [2.24, 2.45) is 0 Å². The topological polar surface area (TPSA) is 76.4 Å². The van der Waals surface area contributed by atoms with E-state index in [1.807, 2.05) is 6.07 Å². The Morgan fingerprint density at radius 3 is 2.92 bits per heavy atom. The molecule has 128 valence electrons. The van der Waals surface area contributed by atoms with Gasteiger partial charge in [0.25, 0.3) is 5.91 Å². The fourth-order valence-electron chi connectivity index (χ4n) is 2.99. The first kappa shape index (κ1) is 18.0. The van der Waals surface area contributed by atoms with Crippen LogP contribution in [-0.2, 0) is 4.79 Å². The molecule has 0 unspecified atom stereocenters. The highest BCUT2D eigenvalue weighted by Crippen LogP contribution is 2.18. The van der Waals surface area contributed by atoms with Gasteiger partial charge in [-0.3, -0.25) is 14.5 Å². The fourth-order valence-corrected chi connectivity index (χ4v) is 2.99. The number of likely N-dealkylation sites (tertiary alicyclic amines) is 1. The number of nitrogens with zero attached hydrogens (tertiary/aromatic N) is 3. The number of rotatable bonds is 6. The molecule has 2 rings (SSSR count). The summed E-state index contributed by atoms with van der Waals surface area (Å²) in [5.41, 5.74) is 0.973. The molecule has 0 saturated carbocycles. The summed E-state index contributed by atoms with van der Waals surface area (Å²) in [5, 5.41) is 11.7. The summed E-state index contributed by atoms with van der Waals surface area (Å²) in [6.45, 7) is 2.28. The van der Waals surface area contributed by atoms with Gasteiger partial charge in [0.2, 0.25) is 5.91 Å². The number of hydrogen-bond acceptors (Lipinski definition) is 4. The van der Waals surface area contributed by atoms with Crippen molar-refractivity contribution in [3.8, 4) is 6.07 Å². The van der Waals surface area contributed by atoms with Crippen LogP contribution in [-0.4, -0.2) is 61.4 Å². The van der Waals surface area contributed by atoms with Gasteiger partial charge >= 0.3 is 0 Å². The maximum atomic E-state index is 12.1. The van der Waals surface area contributed by atoms with Crippen LogP contribution in [0, 0.1) is 11.3 Å². The van der Waals surface area contributed by atoms with E-state index in [0.717, 1.165) is 32.4 Å². The van der Waals surface area contributed by atoms with Crippen molar-refractivity contribution in [3.05, 3.63) is 35.4 Å². The zero-order valence-electron chi connectivity index (χ0n) is 14.3. The van der Waals surface area contributed by atoms with E-state index in [-0.39, 0.29) is 17.9 Å². The molecule has 0 bridgehead atoms. The average Bonchev–Trinajstić information content (AvgIpc) is 3.06. The number of carbonyl (C=O) groups excluding carboxylic acids is 2. The van der Waals surface area contributed by atoms with Crippen LogP contribution >= 0.6 is 0 Å². The molecular formula is C18H24N4O2. The normalized spacial score (nSPS) is 17.3. The molecule has 1 heterocycles. The summed E-state index contributed by atoms with van der Waals surface area (Å²) in [6, 6.07) is 8.66. The van der Waals surface area contributed by atoms with Gasteiger partial charge in [-0.1, -0.05) is 6.07 Å². The monoisotopic (exact) mass is 328 g/mol. The number of amides is 2. The summed E-state index contributed by atoms with van der Waals surface area (Å²) in [4.78, 5) is 28.1. The van der Waals surface area contributed by atoms with Crippen LogP contribution in [0.4, 0.5) is 0 Å². The van der Waals surface area contributed by atoms with Gasteiger partial charge < -0.3 is 10.2 Å². The molecule has 1 fully saturated rings. The van der Waals surface area contributed by atoms with Crippen LogP contribution in [0.2, 0.25) is 0 Å². The highest BCUT2D eigenvalue weighted by Gasteiger charge is 2.30. The first-order valence-electron chi connectivity index (χ1n) is 8.26. The lowest BCUT2D eigenvalue weighted by Crippen LogP contribution is -2.43. The Morgan fingerprint density at radius 1 is 1.42 bits per heavy atom. The maximum absolute atomic E-state index is 12.1. The Kier molecular flexibility index (Phi) is 6.33. The summed E-state index contributed by atoms with van der Waals surface area (Å²) < 4.78 is 0. The minimum absolute atomic E-state index is 0.0250. The molecule has 2 amide bonds. The zero-order chi connectivity index (χ0) is 17.5. The van der Waals surface area contributed by atoms with Crippen molar-refractivity contribution in [1.82, 2.24) is 15.1 Å². The molecule has 6 heteroatoms. The van der Waals surface area contributed by atoms with Gasteiger partial charge in [-0.15, -0.1) is 0 Å². The van der Waals surface area contributed by atoms with Gasteiger partial charge in [-0.2, -0.15) is 5.26 Å². The largest absolute Gasteiger partial charge is 0.352 e. The second kappa shape index (κ2) is 8.46. The smallest absolute Gasteiger partial charge is 0.251 e. The third kappa shape index (κ3) is 4.56. The van der Waals surface area contributed by atoms with Gasteiger partial charge in [0.05, 0.1) is 17.7 Å². The zero-order valence-corrected chi connectivity index (χ0v) is 14.3. The molecule has 0 spiro atoms. The van der Waals surface area contributed by atoms with Crippen LogP contribution in [0.15, 0.2) is 24.3 Å². The highest BCUT2D eigenvalue weighted by molar-refractivity contribution is 5.94. The third-order valence-corrected chi connectivity index (χ3v) is 4.25. The summed E-state index contributed by atoms with van der Waals surface area (Å²) in [6.07, 6.45) is 2.74. The van der Waals surface area contributed by atoms with Gasteiger partial charge in [0, 0.05) is 32.7 Å². The van der Waals surface area contributed by atoms with Crippen molar-refractivity contribution in [1.29, 1.82) is 5.26 Å². The van der Waals surface area contributed by atoms with E-state index in [1.165, 1.54) is 0 Å². The molecule has 1 aliphatic heterocycles. The lowest BCUT2D eigenvalue weighted by atomic mass is 10.1. The van der Waals surface area contributed by atoms with E-state index >= 15 is 0 Å². The lowest BCUT2D eigenvalue weighted by Gasteiger charge is -2.26. The molecule has 0 aromatic heterocycles. The van der Waals surface area contributed by atoms with Crippen LogP contribution in [0.1, 0.15) is 35.2 Å². The van der Waals surface area contributed by atoms with Gasteiger partial charge in [-0.05, 0) is 44.0 Å². The van der Waals surface area contributed by atoms with Gasteiger partial charge in [0.1, 0.15) is 0 Å². The minimum atomic E-state index is -0.172. The number of likely N-dealkylation sites (N-methyl/N-ethyl adjacent to an activating group) is 1. The van der Waals surface area contributed by atoms with E-state index in [1.54, 1.807) is 43.3 Å². The Labute approximate surface area is 143 Å². The molecule has 1 N–H and O–H groups in total. The molecule has 6 nitrogen and oxygen atoms in total. The minimum Gasteiger partial charge on any atom is -0.352 e. The third-order valence-electron chi connectivity index (χ3n) is 4.25. The van der Waals surface area contributed by atoms with Crippen LogP contribution in [0.25, 0.3) is 0 Å². The molecule has 1 aromatic rings. The summed E-state index contributed by atoms with van der Waals surface area (Å²) in [5.74, 6) is -0.0145. The van der Waals surface area contributed by atoms with Crippen molar-refractivity contribution < 1.29 is 9.59 Å². The second-order valence-corrected chi connectivity index (χ2v) is 6.23. The predicted molar refractivity (Wildman–Crippen MR) is 91.4 cm³/mol. The molecule has 1 aliphatic rings. The first-order valence-corrected chi connectivity index (χ1v) is 8.26. The van der Waals surface area contributed by atoms with E-state index in [4.69, 9.17) is 5.26 Å². The number of nitriles is 1. The number of hydrogen-bond donors (Lipinski definition) is 1. The Balaban J connectivity index is 1.77. The summed E-state index contributed by atoms with van der Waals surface area (Å²) in [7, 11) is 3.57. The Morgan fingerprint density at radius 2 is 2.21 bits per heavy atom.